The minimum Gasteiger partial charge on any atom is -0.394 e. The highest BCUT2D eigenvalue weighted by Crippen LogP contribution is 2.26. The number of carbonyl (C=O) groups is 1. The van der Waals surface area contributed by atoms with Gasteiger partial charge in [-0.3, -0.25) is 14.7 Å². The molecule has 0 spiro atoms. The van der Waals surface area contributed by atoms with Crippen LogP contribution in [-0.4, -0.2) is 79.0 Å². The van der Waals surface area contributed by atoms with E-state index in [1.165, 1.54) is 11.3 Å². The Labute approximate surface area is 161 Å². The second-order valence-corrected chi connectivity index (χ2v) is 8.00. The molecule has 0 unspecified atom stereocenters. The van der Waals surface area contributed by atoms with Crippen molar-refractivity contribution in [2.45, 2.75) is 38.3 Å². The average Bonchev–Trinajstić information content (AvgIpc) is 2.70. The fourth-order valence-corrected chi connectivity index (χ4v) is 4.09. The summed E-state index contributed by atoms with van der Waals surface area (Å²) >= 11 is 0. The average molecular weight is 377 g/mol. The summed E-state index contributed by atoms with van der Waals surface area (Å²) in [6, 6.07) is 2.26. The highest BCUT2D eigenvalue weighted by molar-refractivity contribution is 5.79. The third-order valence-corrected chi connectivity index (χ3v) is 6.22. The second-order valence-electron chi connectivity index (χ2n) is 8.00. The molecule has 7 nitrogen and oxygen atoms in total. The monoisotopic (exact) mass is 376 g/mol. The molecule has 2 atom stereocenters. The summed E-state index contributed by atoms with van der Waals surface area (Å²) in [7, 11) is 1.99. The fourth-order valence-electron chi connectivity index (χ4n) is 4.09. The van der Waals surface area contributed by atoms with Crippen LogP contribution >= 0.6 is 0 Å². The maximum absolute atomic E-state index is 12.7. The normalized spacial score (nSPS) is 27.6. The van der Waals surface area contributed by atoms with Crippen LogP contribution in [-0.2, 0) is 9.53 Å². The number of likely N-dealkylation sites (N-methyl/N-ethyl adjacent to an activating group) is 1. The highest BCUT2D eigenvalue weighted by atomic mass is 16.5. The van der Waals surface area contributed by atoms with Crippen molar-refractivity contribution in [3.63, 3.8) is 0 Å². The van der Waals surface area contributed by atoms with Crippen LogP contribution in [0.1, 0.15) is 25.3 Å². The summed E-state index contributed by atoms with van der Waals surface area (Å²) in [5.74, 6) is 0.104. The largest absolute Gasteiger partial charge is 0.394 e. The molecule has 0 aliphatic carbocycles. The van der Waals surface area contributed by atoms with Crippen LogP contribution in [0.3, 0.4) is 0 Å². The van der Waals surface area contributed by atoms with Gasteiger partial charge in [0.15, 0.2) is 0 Å². The first kappa shape index (κ1) is 20.0. The number of piperidine rings is 1. The fraction of sp³-hybridized carbons (Fsp3) is 0.700. The van der Waals surface area contributed by atoms with Gasteiger partial charge in [-0.05, 0) is 45.4 Å². The van der Waals surface area contributed by atoms with Crippen LogP contribution in [0.5, 0.6) is 0 Å². The molecule has 0 saturated carbocycles. The van der Waals surface area contributed by atoms with Gasteiger partial charge in [0.25, 0.3) is 0 Å². The number of aliphatic hydroxyl groups excluding tert-OH is 1. The minimum atomic E-state index is -0.540. The minimum absolute atomic E-state index is 0.0198. The zero-order valence-electron chi connectivity index (χ0n) is 16.6. The number of rotatable bonds is 5. The maximum Gasteiger partial charge on any atom is 0.223 e. The zero-order chi connectivity index (χ0) is 19.4. The molecule has 2 N–H and O–H groups in total. The molecule has 0 radical (unpaired) electrons. The van der Waals surface area contributed by atoms with Crippen LogP contribution in [0, 0.1) is 12.8 Å². The number of carbonyl (C=O) groups excluding carboxylic acids is 1. The lowest BCUT2D eigenvalue weighted by molar-refractivity contribution is -0.130. The van der Waals surface area contributed by atoms with Crippen molar-refractivity contribution in [1.29, 1.82) is 0 Å². The Hall–Kier alpha value is -1.70. The standard InChI is InChI=1S/C20H32N4O3/c1-15-10-21-7-4-18(15)24-8-5-17(6-9-24)19(26)22-12-20(13-25)14-27-11-16(2)23(20)3/h4,7,10,16-17,25H,5-6,8-9,11-14H2,1-3H3,(H,22,26)/t16-,20+/m1/s1. The number of nitrogens with zero attached hydrogens (tertiary/aromatic N) is 3. The highest BCUT2D eigenvalue weighted by Gasteiger charge is 2.41. The topological polar surface area (TPSA) is 77.9 Å². The number of aryl methyl sites for hydroxylation is 1. The molecule has 0 bridgehead atoms. The predicted octanol–water partition coefficient (Wildman–Crippen LogP) is 0.804. The number of morpholine rings is 1. The number of amides is 1. The van der Waals surface area contributed by atoms with Gasteiger partial charge in [0.2, 0.25) is 5.91 Å². The first-order chi connectivity index (χ1) is 13.0. The third kappa shape index (κ3) is 4.25. The van der Waals surface area contributed by atoms with Gasteiger partial charge in [-0.2, -0.15) is 0 Å². The molecule has 2 aliphatic heterocycles. The molecular weight excluding hydrogens is 344 g/mol. The molecular formula is C20H32N4O3. The van der Waals surface area contributed by atoms with E-state index in [-0.39, 0.29) is 24.5 Å². The Kier molecular flexibility index (Phi) is 6.34. The number of nitrogens with one attached hydrogen (secondary N) is 1. The van der Waals surface area contributed by atoms with Gasteiger partial charge in [0.05, 0.1) is 25.4 Å². The van der Waals surface area contributed by atoms with Crippen molar-refractivity contribution in [1.82, 2.24) is 15.2 Å². The van der Waals surface area contributed by atoms with Crippen LogP contribution in [0.15, 0.2) is 18.5 Å². The van der Waals surface area contributed by atoms with Crippen molar-refractivity contribution >= 4 is 11.6 Å². The molecule has 2 saturated heterocycles. The quantitative estimate of drug-likeness (QED) is 0.792. The predicted molar refractivity (Wildman–Crippen MR) is 105 cm³/mol. The summed E-state index contributed by atoms with van der Waals surface area (Å²) in [6.45, 7) is 7.34. The molecule has 3 rings (SSSR count). The Morgan fingerprint density at radius 2 is 2.19 bits per heavy atom. The van der Waals surface area contributed by atoms with E-state index in [9.17, 15) is 9.90 Å². The molecule has 1 aromatic rings. The summed E-state index contributed by atoms with van der Waals surface area (Å²) in [5, 5.41) is 13.0. The van der Waals surface area contributed by atoms with Gasteiger partial charge in [-0.1, -0.05) is 0 Å². The van der Waals surface area contributed by atoms with E-state index in [1.807, 2.05) is 25.5 Å². The molecule has 1 amide bonds. The van der Waals surface area contributed by atoms with Crippen LogP contribution in [0.25, 0.3) is 0 Å². The first-order valence-electron chi connectivity index (χ1n) is 9.81. The van der Waals surface area contributed by atoms with Gasteiger partial charge in [-0.15, -0.1) is 0 Å². The van der Waals surface area contributed by atoms with Crippen molar-refractivity contribution in [3.05, 3.63) is 24.0 Å². The Bertz CT molecular complexity index is 648. The summed E-state index contributed by atoms with van der Waals surface area (Å²) in [6.07, 6.45) is 5.37. The van der Waals surface area contributed by atoms with Gasteiger partial charge in [0, 0.05) is 49.7 Å². The lowest BCUT2D eigenvalue weighted by atomic mass is 9.93. The van der Waals surface area contributed by atoms with E-state index in [4.69, 9.17) is 4.74 Å². The lowest BCUT2D eigenvalue weighted by Crippen LogP contribution is -2.65. The number of pyridine rings is 1. The van der Waals surface area contributed by atoms with E-state index in [0.29, 0.717) is 19.8 Å². The summed E-state index contributed by atoms with van der Waals surface area (Å²) in [4.78, 5) is 21.3. The van der Waals surface area contributed by atoms with Crippen molar-refractivity contribution < 1.29 is 14.6 Å². The van der Waals surface area contributed by atoms with E-state index < -0.39 is 5.54 Å². The van der Waals surface area contributed by atoms with Crippen LogP contribution < -0.4 is 10.2 Å². The van der Waals surface area contributed by atoms with Gasteiger partial charge < -0.3 is 20.1 Å². The van der Waals surface area contributed by atoms with Gasteiger partial charge >= 0.3 is 0 Å². The first-order valence-corrected chi connectivity index (χ1v) is 9.81. The zero-order valence-corrected chi connectivity index (χ0v) is 16.6. The number of anilines is 1. The van der Waals surface area contributed by atoms with E-state index in [2.05, 4.69) is 33.9 Å². The lowest BCUT2D eigenvalue weighted by Gasteiger charge is -2.47. The van der Waals surface area contributed by atoms with Crippen molar-refractivity contribution in [2.75, 3.05) is 51.4 Å². The van der Waals surface area contributed by atoms with Crippen LogP contribution in [0.2, 0.25) is 0 Å². The molecule has 27 heavy (non-hydrogen) atoms. The van der Waals surface area contributed by atoms with Crippen molar-refractivity contribution in [2.24, 2.45) is 5.92 Å². The molecule has 2 aliphatic rings. The molecule has 150 valence electrons. The maximum atomic E-state index is 12.7. The van der Waals surface area contributed by atoms with E-state index >= 15 is 0 Å². The van der Waals surface area contributed by atoms with Gasteiger partial charge in [-0.25, -0.2) is 0 Å². The number of hydrogen-bond donors (Lipinski definition) is 2. The summed E-state index contributed by atoms with van der Waals surface area (Å²) < 4.78 is 5.65. The van der Waals surface area contributed by atoms with Crippen molar-refractivity contribution in [3.8, 4) is 0 Å². The second kappa shape index (κ2) is 8.54. The molecule has 7 heteroatoms. The molecule has 0 aromatic carbocycles. The molecule has 2 fully saturated rings. The van der Waals surface area contributed by atoms with E-state index in [0.717, 1.165) is 25.9 Å². The van der Waals surface area contributed by atoms with Gasteiger partial charge in [0.1, 0.15) is 0 Å². The molecule has 3 heterocycles. The van der Waals surface area contributed by atoms with Crippen LogP contribution in [0.4, 0.5) is 5.69 Å². The Balaban J connectivity index is 1.53. The SMILES string of the molecule is Cc1cnccc1N1CCC(C(=O)NC[C@]2(CO)COC[C@@H](C)N2C)CC1. The smallest absolute Gasteiger partial charge is 0.223 e. The number of aliphatic hydroxyl groups is 1. The number of ether oxygens (including phenoxy) is 1. The third-order valence-electron chi connectivity index (χ3n) is 6.22. The Morgan fingerprint density at radius 3 is 2.85 bits per heavy atom. The van der Waals surface area contributed by atoms with E-state index in [1.54, 1.807) is 0 Å². The number of hydrogen-bond acceptors (Lipinski definition) is 6. The molecule has 1 aromatic heterocycles. The summed E-state index contributed by atoms with van der Waals surface area (Å²) in [5.41, 5.74) is 1.83. The number of aromatic nitrogens is 1. The Morgan fingerprint density at radius 1 is 1.44 bits per heavy atom.